The molecule has 3 aromatic rings. The summed E-state index contributed by atoms with van der Waals surface area (Å²) < 4.78 is 26.4. The largest absolute Gasteiger partial charge is 0.492 e. The van der Waals surface area contributed by atoms with Gasteiger partial charge in [0.05, 0.1) is 11.6 Å². The Morgan fingerprint density at radius 1 is 1.27 bits per heavy atom. The van der Waals surface area contributed by atoms with Gasteiger partial charge in [0.2, 0.25) is 0 Å². The van der Waals surface area contributed by atoms with Crippen LogP contribution in [-0.2, 0) is 11.3 Å². The molecule has 12 heteroatoms. The highest BCUT2D eigenvalue weighted by Crippen LogP contribution is 2.28. The second-order valence-corrected chi connectivity index (χ2v) is 11.1. The molecule has 2 aromatic carbocycles. The van der Waals surface area contributed by atoms with Crippen molar-refractivity contribution in [3.63, 3.8) is 0 Å². The molecule has 10 nitrogen and oxygen atoms in total. The van der Waals surface area contributed by atoms with Gasteiger partial charge in [-0.2, -0.15) is 4.68 Å². The smallest absolute Gasteiger partial charge is 0.435 e. The summed E-state index contributed by atoms with van der Waals surface area (Å²) in [6.07, 6.45) is 0.559. The fourth-order valence-electron chi connectivity index (χ4n) is 4.43. The van der Waals surface area contributed by atoms with Crippen LogP contribution in [0.4, 0.5) is 9.18 Å². The minimum atomic E-state index is -1.49. The van der Waals surface area contributed by atoms with Crippen LogP contribution < -0.4 is 4.74 Å². The standard InChI is InChI=1S/C29H32ClFN4O6/c1-29(2,3)41-28(37)34-24-16-21(10-11-22(24)27(30)32-34)40-14-13-33(17-19-7-5-4-6-8-19)18-26(36)20-9-12-23(31)25(15-20)35(38)39/h4-12,16,25-26,36H,13-15,17-18H2,1-3H3/t25?,26-/m0/s1. The predicted octanol–water partition coefficient (Wildman–Crippen LogP) is 5.54. The van der Waals surface area contributed by atoms with Crippen LogP contribution >= 0.6 is 11.6 Å². The Balaban J connectivity index is 1.46. The highest BCUT2D eigenvalue weighted by molar-refractivity contribution is 6.34. The maximum atomic E-state index is 13.9. The van der Waals surface area contributed by atoms with Crippen LogP contribution in [0.5, 0.6) is 5.75 Å². The van der Waals surface area contributed by atoms with E-state index in [2.05, 4.69) is 5.10 Å². The van der Waals surface area contributed by atoms with E-state index in [0.717, 1.165) is 16.3 Å². The number of fused-ring (bicyclic) bond motifs is 1. The number of carbonyl (C=O) groups excluding carboxylic acids is 1. The van der Waals surface area contributed by atoms with Crippen LogP contribution in [0.25, 0.3) is 10.9 Å². The van der Waals surface area contributed by atoms with Crippen molar-refractivity contribution in [1.29, 1.82) is 0 Å². The maximum absolute atomic E-state index is 13.9. The van der Waals surface area contributed by atoms with Crippen molar-refractivity contribution >= 4 is 28.6 Å². The maximum Gasteiger partial charge on any atom is 0.435 e. The fraction of sp³-hybridized carbons (Fsp3) is 0.379. The molecule has 0 spiro atoms. The molecule has 0 saturated heterocycles. The lowest BCUT2D eigenvalue weighted by Gasteiger charge is -2.27. The topological polar surface area (TPSA) is 120 Å². The first-order valence-corrected chi connectivity index (χ1v) is 13.5. The van der Waals surface area contributed by atoms with E-state index in [-0.39, 0.29) is 24.7 Å². The van der Waals surface area contributed by atoms with Gasteiger partial charge in [-0.3, -0.25) is 15.0 Å². The van der Waals surface area contributed by atoms with Crippen molar-refractivity contribution in [2.75, 3.05) is 19.7 Å². The Hall–Kier alpha value is -3.80. The van der Waals surface area contributed by atoms with E-state index in [0.29, 0.717) is 35.3 Å². The Bertz CT molecular complexity index is 1470. The van der Waals surface area contributed by atoms with E-state index in [1.165, 1.54) is 6.08 Å². The molecule has 2 atom stereocenters. The third-order valence-corrected chi connectivity index (χ3v) is 6.70. The molecule has 41 heavy (non-hydrogen) atoms. The number of ether oxygens (including phenoxy) is 2. The monoisotopic (exact) mass is 586 g/mol. The van der Waals surface area contributed by atoms with Gasteiger partial charge in [-0.05, 0) is 50.1 Å². The normalized spacial score (nSPS) is 16.3. The minimum absolute atomic E-state index is 0.157. The number of aromatic nitrogens is 2. The van der Waals surface area contributed by atoms with Gasteiger partial charge in [0.1, 0.15) is 18.0 Å². The van der Waals surface area contributed by atoms with Gasteiger partial charge >= 0.3 is 6.09 Å². The second kappa shape index (κ2) is 12.8. The second-order valence-electron chi connectivity index (χ2n) is 10.7. The van der Waals surface area contributed by atoms with Crippen molar-refractivity contribution in [2.24, 2.45) is 0 Å². The van der Waals surface area contributed by atoms with Crippen LogP contribution in [0.3, 0.4) is 0 Å². The van der Waals surface area contributed by atoms with Crippen molar-refractivity contribution in [3.05, 3.63) is 92.9 Å². The van der Waals surface area contributed by atoms with Crippen LogP contribution in [0.2, 0.25) is 5.15 Å². The Morgan fingerprint density at radius 2 is 2.00 bits per heavy atom. The molecule has 218 valence electrons. The number of rotatable bonds is 10. The van der Waals surface area contributed by atoms with Crippen molar-refractivity contribution in [1.82, 2.24) is 14.7 Å². The summed E-state index contributed by atoms with van der Waals surface area (Å²) in [5.74, 6) is -0.352. The quantitative estimate of drug-likeness (QED) is 0.243. The molecule has 1 unspecified atom stereocenters. The number of aliphatic hydroxyl groups is 1. The molecule has 0 bridgehead atoms. The van der Waals surface area contributed by atoms with E-state index in [1.807, 2.05) is 35.2 Å². The van der Waals surface area contributed by atoms with Gasteiger partial charge in [-0.1, -0.05) is 48.0 Å². The van der Waals surface area contributed by atoms with Gasteiger partial charge in [-0.15, -0.1) is 5.10 Å². The van der Waals surface area contributed by atoms with Crippen LogP contribution in [0.15, 0.2) is 72.1 Å². The zero-order valence-electron chi connectivity index (χ0n) is 23.0. The summed E-state index contributed by atoms with van der Waals surface area (Å²) in [6, 6.07) is 13.2. The van der Waals surface area contributed by atoms with Crippen LogP contribution in [0.1, 0.15) is 32.8 Å². The van der Waals surface area contributed by atoms with Crippen molar-refractivity contribution in [2.45, 2.75) is 51.5 Å². The summed E-state index contributed by atoms with van der Waals surface area (Å²) in [4.78, 5) is 25.2. The molecule has 0 amide bonds. The summed E-state index contributed by atoms with van der Waals surface area (Å²) in [7, 11) is 0. The lowest BCUT2D eigenvalue weighted by molar-refractivity contribution is -0.514. The molecule has 1 aromatic heterocycles. The third kappa shape index (κ3) is 7.90. The Morgan fingerprint density at radius 3 is 2.68 bits per heavy atom. The van der Waals surface area contributed by atoms with Crippen LogP contribution in [-0.4, -0.2) is 68.2 Å². The number of hydrogen-bond acceptors (Lipinski definition) is 8. The zero-order chi connectivity index (χ0) is 29.7. The SMILES string of the molecule is CC(C)(C)OC(=O)n1nc(Cl)c2ccc(OCCN(Cc3ccccc3)C[C@H](O)C3=CC=C(F)C([N+](=O)[O-])C3)cc21. The summed E-state index contributed by atoms with van der Waals surface area (Å²) in [6.45, 7) is 6.53. The van der Waals surface area contributed by atoms with Crippen molar-refractivity contribution < 1.29 is 28.7 Å². The van der Waals surface area contributed by atoms with E-state index in [4.69, 9.17) is 21.1 Å². The summed E-state index contributed by atoms with van der Waals surface area (Å²) in [5, 5.41) is 27.0. The molecule has 1 heterocycles. The average Bonchev–Trinajstić information content (AvgIpc) is 3.24. The lowest BCUT2D eigenvalue weighted by Crippen LogP contribution is -2.37. The highest BCUT2D eigenvalue weighted by atomic mass is 35.5. The van der Waals surface area contributed by atoms with Gasteiger partial charge < -0.3 is 14.6 Å². The summed E-state index contributed by atoms with van der Waals surface area (Å²) >= 11 is 6.24. The molecule has 0 saturated carbocycles. The molecule has 1 N–H and O–H groups in total. The predicted molar refractivity (Wildman–Crippen MR) is 152 cm³/mol. The van der Waals surface area contributed by atoms with Gasteiger partial charge in [0.25, 0.3) is 6.04 Å². The molecule has 4 rings (SSSR count). The molecule has 0 fully saturated rings. The van der Waals surface area contributed by atoms with E-state index >= 15 is 0 Å². The molecule has 0 radical (unpaired) electrons. The fourth-order valence-corrected chi connectivity index (χ4v) is 4.67. The molecule has 0 aliphatic heterocycles. The highest BCUT2D eigenvalue weighted by Gasteiger charge is 2.32. The number of hydrogen-bond donors (Lipinski definition) is 1. The minimum Gasteiger partial charge on any atom is -0.492 e. The van der Waals surface area contributed by atoms with Crippen molar-refractivity contribution in [3.8, 4) is 5.75 Å². The summed E-state index contributed by atoms with van der Waals surface area (Å²) in [5.41, 5.74) is 1.11. The molecule has 1 aliphatic carbocycles. The zero-order valence-corrected chi connectivity index (χ0v) is 23.8. The first kappa shape index (κ1) is 30.2. The first-order valence-electron chi connectivity index (χ1n) is 13.1. The van der Waals surface area contributed by atoms with Gasteiger partial charge in [0, 0.05) is 42.4 Å². The first-order chi connectivity index (χ1) is 19.4. The number of nitro groups is 1. The number of benzene rings is 2. The number of allylic oxidation sites excluding steroid dienone is 2. The number of aliphatic hydroxyl groups excluding tert-OH is 1. The molecule has 1 aliphatic rings. The molecular weight excluding hydrogens is 555 g/mol. The Kier molecular flexibility index (Phi) is 9.42. The number of nitrogens with zero attached hydrogens (tertiary/aromatic N) is 4. The van der Waals surface area contributed by atoms with E-state index in [9.17, 15) is 24.4 Å². The van der Waals surface area contributed by atoms with Gasteiger partial charge in [-0.25, -0.2) is 9.18 Å². The number of carbonyl (C=O) groups is 1. The molecular formula is C29H32ClFN4O6. The third-order valence-electron chi connectivity index (χ3n) is 6.42. The lowest BCUT2D eigenvalue weighted by atomic mass is 9.95. The van der Waals surface area contributed by atoms with Gasteiger partial charge in [0.15, 0.2) is 11.0 Å². The Labute approximate surface area is 241 Å². The van der Waals surface area contributed by atoms with E-state index < -0.39 is 34.6 Å². The average molecular weight is 587 g/mol. The number of halogens is 2. The van der Waals surface area contributed by atoms with Crippen LogP contribution in [0, 0.1) is 10.1 Å². The van der Waals surface area contributed by atoms with E-state index in [1.54, 1.807) is 39.0 Å².